The van der Waals surface area contributed by atoms with E-state index in [0.717, 1.165) is 11.0 Å². The first-order valence-corrected chi connectivity index (χ1v) is 7.73. The lowest BCUT2D eigenvalue weighted by molar-refractivity contribution is 0.276. The SMILES string of the molecule is CSC(CO)C(C)NCc1cc(Br)cs1. The standard InChI is InChI=1S/C10H16BrNOS2/c1-7(10(5-13)14-2)12-4-9-3-8(11)6-15-9/h3,6-7,10,12-13H,4-5H2,1-2H3. The molecule has 0 saturated carbocycles. The van der Waals surface area contributed by atoms with Gasteiger partial charge in [-0.05, 0) is 35.2 Å². The molecule has 2 unspecified atom stereocenters. The van der Waals surface area contributed by atoms with Gasteiger partial charge in [-0.15, -0.1) is 11.3 Å². The third kappa shape index (κ3) is 4.44. The molecule has 1 aromatic heterocycles. The molecular weight excluding hydrogens is 294 g/mol. The lowest BCUT2D eigenvalue weighted by Crippen LogP contribution is -2.36. The molecule has 0 aliphatic heterocycles. The zero-order chi connectivity index (χ0) is 11.3. The van der Waals surface area contributed by atoms with Gasteiger partial charge in [0.05, 0.1) is 6.61 Å². The fourth-order valence-corrected chi connectivity index (χ4v) is 3.33. The molecule has 5 heteroatoms. The van der Waals surface area contributed by atoms with Gasteiger partial charge in [0.2, 0.25) is 0 Å². The summed E-state index contributed by atoms with van der Waals surface area (Å²) < 4.78 is 1.14. The monoisotopic (exact) mass is 309 g/mol. The Bertz CT molecular complexity index is 289. The van der Waals surface area contributed by atoms with Gasteiger partial charge < -0.3 is 10.4 Å². The maximum Gasteiger partial charge on any atom is 0.0564 e. The second-order valence-electron chi connectivity index (χ2n) is 3.36. The van der Waals surface area contributed by atoms with Crippen LogP contribution in [0.4, 0.5) is 0 Å². The van der Waals surface area contributed by atoms with Gasteiger partial charge in [-0.2, -0.15) is 11.8 Å². The van der Waals surface area contributed by atoms with E-state index in [4.69, 9.17) is 5.11 Å². The fourth-order valence-electron chi connectivity index (χ4n) is 1.28. The topological polar surface area (TPSA) is 32.3 Å². The second kappa shape index (κ2) is 6.91. The van der Waals surface area contributed by atoms with Crippen LogP contribution in [0, 0.1) is 0 Å². The van der Waals surface area contributed by atoms with Crippen LogP contribution in [-0.2, 0) is 6.54 Å². The normalized spacial score (nSPS) is 15.2. The van der Waals surface area contributed by atoms with E-state index in [1.165, 1.54) is 4.88 Å². The second-order valence-corrected chi connectivity index (χ2v) is 6.35. The Labute approximate surface area is 108 Å². The van der Waals surface area contributed by atoms with E-state index in [2.05, 4.69) is 39.6 Å². The highest BCUT2D eigenvalue weighted by molar-refractivity contribution is 9.10. The number of aliphatic hydroxyl groups is 1. The van der Waals surface area contributed by atoms with E-state index >= 15 is 0 Å². The van der Waals surface area contributed by atoms with Crippen molar-refractivity contribution in [2.24, 2.45) is 0 Å². The van der Waals surface area contributed by atoms with Crippen molar-refractivity contribution in [2.75, 3.05) is 12.9 Å². The molecule has 2 N–H and O–H groups in total. The Morgan fingerprint density at radius 3 is 2.87 bits per heavy atom. The third-order valence-corrected chi connectivity index (χ3v) is 5.12. The molecule has 0 aromatic carbocycles. The van der Waals surface area contributed by atoms with Gasteiger partial charge in [0.25, 0.3) is 0 Å². The van der Waals surface area contributed by atoms with Gasteiger partial charge >= 0.3 is 0 Å². The number of rotatable bonds is 6. The predicted octanol–water partition coefficient (Wildman–Crippen LogP) is 2.71. The summed E-state index contributed by atoms with van der Waals surface area (Å²) in [6.45, 7) is 3.21. The molecule has 1 rings (SSSR count). The smallest absolute Gasteiger partial charge is 0.0564 e. The van der Waals surface area contributed by atoms with Crippen LogP contribution < -0.4 is 5.32 Å². The fraction of sp³-hybridized carbons (Fsp3) is 0.600. The van der Waals surface area contributed by atoms with Crippen LogP contribution in [-0.4, -0.2) is 29.3 Å². The van der Waals surface area contributed by atoms with Crippen molar-refractivity contribution in [3.8, 4) is 0 Å². The molecule has 0 bridgehead atoms. The van der Waals surface area contributed by atoms with E-state index < -0.39 is 0 Å². The van der Waals surface area contributed by atoms with Gasteiger partial charge in [0.1, 0.15) is 0 Å². The van der Waals surface area contributed by atoms with E-state index in [9.17, 15) is 0 Å². The Hall–Kier alpha value is 0.450. The van der Waals surface area contributed by atoms with Crippen molar-refractivity contribution in [2.45, 2.75) is 24.8 Å². The van der Waals surface area contributed by atoms with Crippen molar-refractivity contribution < 1.29 is 5.11 Å². The lowest BCUT2D eigenvalue weighted by atomic mass is 10.2. The van der Waals surface area contributed by atoms with Crippen molar-refractivity contribution in [3.05, 3.63) is 20.8 Å². The molecule has 0 radical (unpaired) electrons. The number of thioether (sulfide) groups is 1. The maximum absolute atomic E-state index is 9.13. The largest absolute Gasteiger partial charge is 0.395 e. The molecule has 15 heavy (non-hydrogen) atoms. The van der Waals surface area contributed by atoms with Crippen molar-refractivity contribution in [3.63, 3.8) is 0 Å². The Morgan fingerprint density at radius 1 is 1.67 bits per heavy atom. The third-order valence-electron chi connectivity index (χ3n) is 2.26. The first-order valence-electron chi connectivity index (χ1n) is 4.77. The van der Waals surface area contributed by atoms with Crippen LogP contribution in [0.2, 0.25) is 0 Å². The summed E-state index contributed by atoms with van der Waals surface area (Å²) in [5, 5.41) is 14.9. The lowest BCUT2D eigenvalue weighted by Gasteiger charge is -2.20. The molecule has 1 aromatic rings. The number of aliphatic hydroxyl groups excluding tert-OH is 1. The number of thiophene rings is 1. The predicted molar refractivity (Wildman–Crippen MR) is 72.7 cm³/mol. The summed E-state index contributed by atoms with van der Waals surface area (Å²) >= 11 is 6.87. The molecule has 0 saturated heterocycles. The maximum atomic E-state index is 9.13. The highest BCUT2D eigenvalue weighted by Gasteiger charge is 2.14. The van der Waals surface area contributed by atoms with Crippen LogP contribution >= 0.6 is 39.0 Å². The van der Waals surface area contributed by atoms with E-state index in [-0.39, 0.29) is 11.9 Å². The average molecular weight is 310 g/mol. The van der Waals surface area contributed by atoms with Crippen molar-refractivity contribution in [1.29, 1.82) is 0 Å². The summed E-state index contributed by atoms with van der Waals surface area (Å²) in [5.74, 6) is 0. The minimum Gasteiger partial charge on any atom is -0.395 e. The van der Waals surface area contributed by atoms with Gasteiger partial charge in [-0.3, -0.25) is 0 Å². The Morgan fingerprint density at radius 2 is 2.40 bits per heavy atom. The molecular formula is C10H16BrNOS2. The summed E-state index contributed by atoms with van der Waals surface area (Å²) in [7, 11) is 0. The number of halogens is 1. The first-order chi connectivity index (χ1) is 7.17. The molecule has 0 fully saturated rings. The quantitative estimate of drug-likeness (QED) is 0.847. The highest BCUT2D eigenvalue weighted by atomic mass is 79.9. The summed E-state index contributed by atoms with van der Waals surface area (Å²) in [6, 6.07) is 2.45. The summed E-state index contributed by atoms with van der Waals surface area (Å²) in [4.78, 5) is 1.31. The van der Waals surface area contributed by atoms with Gasteiger partial charge in [0, 0.05) is 32.6 Å². The summed E-state index contributed by atoms with van der Waals surface area (Å²) in [6.07, 6.45) is 2.03. The van der Waals surface area contributed by atoms with Crippen LogP contribution in [0.15, 0.2) is 15.9 Å². The Kier molecular flexibility index (Phi) is 6.23. The minimum absolute atomic E-state index is 0.226. The highest BCUT2D eigenvalue weighted by Crippen LogP contribution is 2.20. The molecule has 0 spiro atoms. The zero-order valence-corrected chi connectivity index (χ0v) is 12.1. The van der Waals surface area contributed by atoms with Crippen LogP contribution in [0.5, 0.6) is 0 Å². The number of hydrogen-bond acceptors (Lipinski definition) is 4. The molecule has 0 amide bonds. The van der Waals surface area contributed by atoms with Gasteiger partial charge in [-0.25, -0.2) is 0 Å². The Balaban J connectivity index is 2.36. The van der Waals surface area contributed by atoms with Crippen LogP contribution in [0.1, 0.15) is 11.8 Å². The first kappa shape index (κ1) is 13.5. The number of hydrogen-bond donors (Lipinski definition) is 2. The van der Waals surface area contributed by atoms with Crippen LogP contribution in [0.3, 0.4) is 0 Å². The zero-order valence-electron chi connectivity index (χ0n) is 8.87. The van der Waals surface area contributed by atoms with Gasteiger partial charge in [-0.1, -0.05) is 0 Å². The van der Waals surface area contributed by atoms with Crippen LogP contribution in [0.25, 0.3) is 0 Å². The molecule has 1 heterocycles. The number of nitrogens with one attached hydrogen (secondary N) is 1. The molecule has 86 valence electrons. The molecule has 2 atom stereocenters. The average Bonchev–Trinajstić information content (AvgIpc) is 2.63. The van der Waals surface area contributed by atoms with E-state index in [1.807, 2.05) is 6.26 Å². The minimum atomic E-state index is 0.226. The molecule has 0 aliphatic carbocycles. The van der Waals surface area contributed by atoms with Crippen molar-refractivity contribution in [1.82, 2.24) is 5.32 Å². The van der Waals surface area contributed by atoms with Gasteiger partial charge in [0.15, 0.2) is 0 Å². The molecule has 2 nitrogen and oxygen atoms in total. The van der Waals surface area contributed by atoms with E-state index in [0.29, 0.717) is 6.04 Å². The molecule has 0 aliphatic rings. The van der Waals surface area contributed by atoms with Crippen molar-refractivity contribution >= 4 is 39.0 Å². The van der Waals surface area contributed by atoms with E-state index in [1.54, 1.807) is 23.1 Å². The summed E-state index contributed by atoms with van der Waals surface area (Å²) in [5.41, 5.74) is 0.